The number of fused-ring (bicyclic) bond motifs is 3. The second-order valence-electron chi connectivity index (χ2n) is 13.5. The number of benzene rings is 2. The van der Waals surface area contributed by atoms with Gasteiger partial charge in [0.15, 0.2) is 23.0 Å². The Bertz CT molecular complexity index is 1510. The number of unbranched alkanes of at least 4 members (excludes halogenated alkanes) is 11. The number of rotatable bonds is 20. The van der Waals surface area contributed by atoms with Gasteiger partial charge in [-0.05, 0) is 49.8 Å². The van der Waals surface area contributed by atoms with Crippen LogP contribution in [0.25, 0.3) is 0 Å². The molecule has 1 fully saturated rings. The van der Waals surface area contributed by atoms with Crippen molar-refractivity contribution in [1.82, 2.24) is 0 Å². The van der Waals surface area contributed by atoms with Gasteiger partial charge in [-0.2, -0.15) is 0 Å². The van der Waals surface area contributed by atoms with Gasteiger partial charge in [-0.25, -0.2) is 0 Å². The number of hydrogen-bond acceptors (Lipinski definition) is 9. The highest BCUT2D eigenvalue weighted by atomic mass is 35.5. The van der Waals surface area contributed by atoms with E-state index >= 15 is 0 Å². The van der Waals surface area contributed by atoms with E-state index in [-0.39, 0.29) is 53.1 Å². The van der Waals surface area contributed by atoms with Crippen LogP contribution in [0, 0.1) is 11.8 Å². The summed E-state index contributed by atoms with van der Waals surface area (Å²) in [5, 5.41) is 0.347. The van der Waals surface area contributed by atoms with Gasteiger partial charge >= 0.3 is 11.9 Å². The zero-order valence-corrected chi connectivity index (χ0v) is 31.9. The lowest BCUT2D eigenvalue weighted by Gasteiger charge is -2.39. The Morgan fingerprint density at radius 3 is 1.90 bits per heavy atom. The Balaban J connectivity index is 1.25. The molecule has 2 aliphatic heterocycles. The summed E-state index contributed by atoms with van der Waals surface area (Å²) in [6.45, 7) is 2.36. The predicted molar refractivity (Wildman–Crippen MR) is 197 cm³/mol. The summed E-state index contributed by atoms with van der Waals surface area (Å²) >= 11 is 14.0. The second-order valence-corrected chi connectivity index (χ2v) is 14.3. The molecule has 2 heterocycles. The molecule has 0 N–H and O–H groups in total. The number of methoxy groups -OCH3 is 3. The summed E-state index contributed by atoms with van der Waals surface area (Å²) in [4.78, 5) is 26.9. The molecule has 0 amide bonds. The molecule has 4 atom stereocenters. The molecule has 5 rings (SSSR count). The summed E-state index contributed by atoms with van der Waals surface area (Å²) in [6.07, 6.45) is 19.5. The van der Waals surface area contributed by atoms with Crippen molar-refractivity contribution >= 4 is 35.1 Å². The van der Waals surface area contributed by atoms with Crippen LogP contribution in [-0.4, -0.2) is 46.7 Å². The average Bonchev–Trinajstić information content (AvgIpc) is 3.75. The molecule has 0 unspecified atom stereocenters. The normalized spacial score (nSPS) is 20.2. The molecule has 51 heavy (non-hydrogen) atoms. The molecule has 1 aliphatic carbocycles. The largest absolute Gasteiger partial charge is 0.491 e. The number of carbonyl (C=O) groups is 2. The lowest BCUT2D eigenvalue weighted by Crippen LogP contribution is -2.37. The molecule has 280 valence electrons. The van der Waals surface area contributed by atoms with Gasteiger partial charge in [0.2, 0.25) is 12.5 Å². The fourth-order valence-electron chi connectivity index (χ4n) is 7.62. The van der Waals surface area contributed by atoms with Crippen LogP contribution in [0.1, 0.15) is 126 Å². The van der Waals surface area contributed by atoms with Gasteiger partial charge in [-0.15, -0.1) is 0 Å². The topological polar surface area (TPSA) is 98.8 Å². The van der Waals surface area contributed by atoms with Crippen molar-refractivity contribution in [3.8, 4) is 28.7 Å². The van der Waals surface area contributed by atoms with Crippen molar-refractivity contribution in [2.45, 2.75) is 109 Å². The number of hydrogen-bond donors (Lipinski definition) is 0. The molecule has 9 nitrogen and oxygen atoms in total. The van der Waals surface area contributed by atoms with E-state index in [0.29, 0.717) is 28.2 Å². The van der Waals surface area contributed by atoms with Gasteiger partial charge in [-0.3, -0.25) is 9.59 Å². The first-order chi connectivity index (χ1) is 24.9. The van der Waals surface area contributed by atoms with Crippen molar-refractivity contribution in [2.24, 2.45) is 11.8 Å². The van der Waals surface area contributed by atoms with Gasteiger partial charge in [0.25, 0.3) is 0 Å². The highest BCUT2D eigenvalue weighted by Gasteiger charge is 2.55. The number of esters is 2. The molecule has 0 bridgehead atoms. The lowest BCUT2D eigenvalue weighted by atomic mass is 9.66. The first-order valence-corrected chi connectivity index (χ1v) is 19.2. The number of ether oxygens (including phenoxy) is 7. The van der Waals surface area contributed by atoms with Gasteiger partial charge < -0.3 is 33.2 Å². The van der Waals surface area contributed by atoms with E-state index < -0.39 is 29.8 Å². The second kappa shape index (κ2) is 19.0. The van der Waals surface area contributed by atoms with Crippen molar-refractivity contribution in [2.75, 3.05) is 34.7 Å². The van der Waals surface area contributed by atoms with Crippen LogP contribution < -0.4 is 23.7 Å². The standard InChI is InChI=1S/C40H52Cl2O9/c1-5-6-7-8-9-10-11-12-13-14-15-16-17-18-19-20-30(43)51-36-26-22-29-28(49-24-50-29)21-25(26)31(32-27(36)23-48-40(32)44)33-34(41)37(45-2)39(47-4)38(46-3)35(33)42/h11-12,21-22,27,31-32,36H,5-10,13-20,23-24H2,1-4H3/b12-11-/t27-,31+,32-,36+/m0/s1. The molecule has 0 radical (unpaired) electrons. The summed E-state index contributed by atoms with van der Waals surface area (Å²) in [6, 6.07) is 3.63. The highest BCUT2D eigenvalue weighted by molar-refractivity contribution is 6.38. The van der Waals surface area contributed by atoms with Crippen LogP contribution in [0.3, 0.4) is 0 Å². The maximum absolute atomic E-state index is 13.6. The number of halogens is 2. The quantitative estimate of drug-likeness (QED) is 0.0745. The summed E-state index contributed by atoms with van der Waals surface area (Å²) in [7, 11) is 4.39. The van der Waals surface area contributed by atoms with Crippen LogP contribution in [0.15, 0.2) is 24.3 Å². The fourth-order valence-corrected chi connectivity index (χ4v) is 8.42. The summed E-state index contributed by atoms with van der Waals surface area (Å²) in [5.41, 5.74) is 1.76. The highest BCUT2D eigenvalue weighted by Crippen LogP contribution is 2.60. The molecule has 1 saturated heterocycles. The maximum atomic E-state index is 13.6. The molecule has 3 aliphatic rings. The average molecular weight is 748 g/mol. The Morgan fingerprint density at radius 2 is 1.31 bits per heavy atom. The maximum Gasteiger partial charge on any atom is 0.310 e. The van der Waals surface area contributed by atoms with Crippen LogP contribution >= 0.6 is 23.2 Å². The fraction of sp³-hybridized carbons (Fsp3) is 0.600. The molecule has 2 aromatic rings. The molecule has 0 saturated carbocycles. The molecule has 0 aromatic heterocycles. The first-order valence-electron chi connectivity index (χ1n) is 18.5. The monoisotopic (exact) mass is 746 g/mol. The third kappa shape index (κ3) is 8.85. The van der Waals surface area contributed by atoms with Crippen molar-refractivity contribution < 1.29 is 42.7 Å². The number of carbonyl (C=O) groups excluding carboxylic acids is 2. The SMILES string of the molecule is CCCCCCC/C=C\CCCCCCCCC(=O)O[C@@H]1c2cc3c(cc2[C@@H](c2c(Cl)c(OC)c(OC)c(OC)c2Cl)[C@H]2C(=O)OC[C@@H]21)OCO3. The zero-order valence-electron chi connectivity index (χ0n) is 30.4. The van der Waals surface area contributed by atoms with Crippen LogP contribution in [0.2, 0.25) is 10.0 Å². The van der Waals surface area contributed by atoms with Crippen LogP contribution in [0.4, 0.5) is 0 Å². The third-order valence-corrected chi connectivity index (χ3v) is 11.0. The van der Waals surface area contributed by atoms with E-state index in [2.05, 4.69) is 19.1 Å². The first kappa shape index (κ1) is 38.9. The Labute approximate surface area is 312 Å². The van der Waals surface area contributed by atoms with Gasteiger partial charge in [-0.1, -0.05) is 93.6 Å². The van der Waals surface area contributed by atoms with Crippen LogP contribution in [0.5, 0.6) is 28.7 Å². The van der Waals surface area contributed by atoms with Crippen LogP contribution in [-0.2, 0) is 19.1 Å². The summed E-state index contributed by atoms with van der Waals surface area (Å²) in [5.74, 6) is -1.03. The molecule has 11 heteroatoms. The minimum Gasteiger partial charge on any atom is -0.491 e. The smallest absolute Gasteiger partial charge is 0.310 e. The van der Waals surface area contributed by atoms with E-state index in [0.717, 1.165) is 32.1 Å². The van der Waals surface area contributed by atoms with Gasteiger partial charge in [0, 0.05) is 29.4 Å². The Hall–Kier alpha value is -3.30. The zero-order chi connectivity index (χ0) is 36.3. The van der Waals surface area contributed by atoms with E-state index in [1.54, 1.807) is 0 Å². The Morgan fingerprint density at radius 1 is 0.765 bits per heavy atom. The molecular formula is C40H52Cl2O9. The minimum absolute atomic E-state index is 0.0455. The third-order valence-electron chi connectivity index (χ3n) is 10.2. The predicted octanol–water partition coefficient (Wildman–Crippen LogP) is 10.3. The minimum atomic E-state index is -0.769. The summed E-state index contributed by atoms with van der Waals surface area (Å²) < 4.78 is 40.2. The molecule has 0 spiro atoms. The van der Waals surface area contributed by atoms with Gasteiger partial charge in [0.05, 0.1) is 43.9 Å². The van der Waals surface area contributed by atoms with E-state index in [9.17, 15) is 9.59 Å². The number of allylic oxidation sites excluding steroid dienone is 2. The Kier molecular flexibility index (Phi) is 14.5. The van der Waals surface area contributed by atoms with Crippen molar-refractivity contribution in [1.29, 1.82) is 0 Å². The lowest BCUT2D eigenvalue weighted by molar-refractivity contribution is -0.154. The molecule has 2 aromatic carbocycles. The van der Waals surface area contributed by atoms with E-state index in [1.807, 2.05) is 12.1 Å². The van der Waals surface area contributed by atoms with Crippen molar-refractivity contribution in [3.63, 3.8) is 0 Å². The number of cyclic esters (lactones) is 1. The van der Waals surface area contributed by atoms with E-state index in [4.69, 9.17) is 56.4 Å². The molecular weight excluding hydrogens is 695 g/mol. The van der Waals surface area contributed by atoms with Crippen molar-refractivity contribution in [3.05, 3.63) is 51.0 Å². The van der Waals surface area contributed by atoms with E-state index in [1.165, 1.54) is 72.7 Å². The van der Waals surface area contributed by atoms with Gasteiger partial charge in [0.1, 0.15) is 6.10 Å².